The Morgan fingerprint density at radius 2 is 2.07 bits per heavy atom. The molecule has 2 aromatic rings. The van der Waals surface area contributed by atoms with Crippen molar-refractivity contribution in [3.63, 3.8) is 0 Å². The summed E-state index contributed by atoms with van der Waals surface area (Å²) in [6.45, 7) is 4.52. The van der Waals surface area contributed by atoms with Crippen molar-refractivity contribution < 1.29 is 0 Å². The van der Waals surface area contributed by atoms with Crippen LogP contribution in [0.5, 0.6) is 0 Å². The number of fused-ring (bicyclic) bond motifs is 1. The molecule has 0 bridgehead atoms. The van der Waals surface area contributed by atoms with Crippen molar-refractivity contribution >= 4 is 32.1 Å². The molecule has 0 amide bonds. The van der Waals surface area contributed by atoms with Crippen LogP contribution >= 0.6 is 22.7 Å². The normalized spacial score (nSPS) is 14.0. The van der Waals surface area contributed by atoms with Crippen LogP contribution in [0.3, 0.4) is 0 Å². The smallest absolute Gasteiger partial charge is 0.0454 e. The summed E-state index contributed by atoms with van der Waals surface area (Å²) in [6, 6.07) is 5.03. The fourth-order valence-corrected chi connectivity index (χ4v) is 4.15. The van der Waals surface area contributed by atoms with Gasteiger partial charge in [0.15, 0.2) is 0 Å². The molecule has 0 radical (unpaired) electrons. The number of thiophene rings is 2. The van der Waals surface area contributed by atoms with E-state index >= 15 is 0 Å². The zero-order valence-corrected chi connectivity index (χ0v) is 10.3. The minimum absolute atomic E-state index is 0.500. The lowest BCUT2D eigenvalue weighted by Gasteiger charge is -2.18. The fourth-order valence-electron chi connectivity index (χ4n) is 1.74. The van der Waals surface area contributed by atoms with Crippen LogP contribution < -0.4 is 5.32 Å². The summed E-state index contributed by atoms with van der Waals surface area (Å²) in [6.07, 6.45) is 0. The van der Waals surface area contributed by atoms with E-state index in [1.807, 2.05) is 29.7 Å². The van der Waals surface area contributed by atoms with Gasteiger partial charge in [0.05, 0.1) is 0 Å². The highest BCUT2D eigenvalue weighted by Gasteiger charge is 2.16. The molecule has 76 valence electrons. The molecule has 1 unspecified atom stereocenters. The largest absolute Gasteiger partial charge is 0.312 e. The van der Waals surface area contributed by atoms with Crippen LogP contribution in [0.4, 0.5) is 0 Å². The molecule has 0 aromatic carbocycles. The Kier molecular flexibility index (Phi) is 2.91. The number of hydrogen-bond acceptors (Lipinski definition) is 3. The summed E-state index contributed by atoms with van der Waals surface area (Å²) in [4.78, 5) is 1.46. The maximum atomic E-state index is 3.38. The van der Waals surface area contributed by atoms with E-state index in [2.05, 4.69) is 36.7 Å². The van der Waals surface area contributed by atoms with Crippen molar-refractivity contribution in [2.24, 2.45) is 5.92 Å². The van der Waals surface area contributed by atoms with Crippen molar-refractivity contribution in [2.45, 2.75) is 19.9 Å². The van der Waals surface area contributed by atoms with E-state index in [0.29, 0.717) is 12.0 Å². The van der Waals surface area contributed by atoms with E-state index in [9.17, 15) is 0 Å². The van der Waals surface area contributed by atoms with Crippen molar-refractivity contribution in [2.75, 3.05) is 7.05 Å². The van der Waals surface area contributed by atoms with Gasteiger partial charge < -0.3 is 5.32 Å². The maximum absolute atomic E-state index is 3.38. The molecule has 0 aliphatic carbocycles. The molecule has 0 fully saturated rings. The molecule has 2 aromatic heterocycles. The molecule has 3 heteroatoms. The van der Waals surface area contributed by atoms with Crippen LogP contribution in [0.15, 0.2) is 17.5 Å². The second-order valence-electron chi connectivity index (χ2n) is 3.81. The van der Waals surface area contributed by atoms with Crippen LogP contribution in [-0.4, -0.2) is 7.05 Å². The standard InChI is InChI=1S/C11H15NS2/c1-7(2)11(12-3)10-6-9-8(14-10)4-5-13-9/h4-7,11-12H,1-3H3. The second-order valence-corrected chi connectivity index (χ2v) is 5.87. The van der Waals surface area contributed by atoms with E-state index in [0.717, 1.165) is 0 Å². The third kappa shape index (κ3) is 1.72. The van der Waals surface area contributed by atoms with Gasteiger partial charge in [0.2, 0.25) is 0 Å². The Balaban J connectivity index is 2.37. The highest BCUT2D eigenvalue weighted by atomic mass is 32.1. The molecule has 0 aliphatic heterocycles. The first-order chi connectivity index (χ1) is 6.72. The van der Waals surface area contributed by atoms with E-state index < -0.39 is 0 Å². The molecule has 2 heterocycles. The van der Waals surface area contributed by atoms with Crippen LogP contribution in [0.2, 0.25) is 0 Å². The van der Waals surface area contributed by atoms with Gasteiger partial charge >= 0.3 is 0 Å². The lowest BCUT2D eigenvalue weighted by molar-refractivity contribution is 0.450. The van der Waals surface area contributed by atoms with Crippen LogP contribution in [-0.2, 0) is 0 Å². The van der Waals surface area contributed by atoms with E-state index in [-0.39, 0.29) is 0 Å². The fraction of sp³-hybridized carbons (Fsp3) is 0.455. The van der Waals surface area contributed by atoms with Crippen molar-refractivity contribution in [1.82, 2.24) is 5.32 Å². The SMILES string of the molecule is CNC(c1cc2sccc2s1)C(C)C. The summed E-state index contributed by atoms with van der Waals surface area (Å²) >= 11 is 3.74. The molecule has 1 N–H and O–H groups in total. The number of rotatable bonds is 3. The lowest BCUT2D eigenvalue weighted by atomic mass is 10.0. The summed E-state index contributed by atoms with van der Waals surface area (Å²) in [5, 5.41) is 5.54. The third-order valence-electron chi connectivity index (χ3n) is 2.44. The highest BCUT2D eigenvalue weighted by molar-refractivity contribution is 7.26. The van der Waals surface area contributed by atoms with Gasteiger partial charge in [-0.3, -0.25) is 0 Å². The van der Waals surface area contributed by atoms with Gasteiger partial charge in [0.25, 0.3) is 0 Å². The van der Waals surface area contributed by atoms with Crippen molar-refractivity contribution in [1.29, 1.82) is 0 Å². The summed E-state index contributed by atoms with van der Waals surface area (Å²) in [7, 11) is 2.04. The first-order valence-corrected chi connectivity index (χ1v) is 6.56. The summed E-state index contributed by atoms with van der Waals surface area (Å²) in [5.41, 5.74) is 0. The van der Waals surface area contributed by atoms with E-state index in [1.54, 1.807) is 0 Å². The Hall–Kier alpha value is -0.380. The number of hydrogen-bond donors (Lipinski definition) is 1. The molecule has 0 saturated carbocycles. The van der Waals surface area contributed by atoms with Gasteiger partial charge in [-0.1, -0.05) is 13.8 Å². The third-order valence-corrected chi connectivity index (χ3v) is 4.62. The van der Waals surface area contributed by atoms with Gasteiger partial charge in [-0.25, -0.2) is 0 Å². The van der Waals surface area contributed by atoms with Crippen molar-refractivity contribution in [3.05, 3.63) is 22.4 Å². The zero-order valence-electron chi connectivity index (χ0n) is 8.70. The number of nitrogens with one attached hydrogen (secondary N) is 1. The zero-order chi connectivity index (χ0) is 10.1. The Morgan fingerprint density at radius 3 is 2.64 bits per heavy atom. The van der Waals surface area contributed by atoms with Gasteiger partial charge in [0.1, 0.15) is 0 Å². The average Bonchev–Trinajstić information content (AvgIpc) is 2.63. The van der Waals surface area contributed by atoms with Gasteiger partial charge in [-0.05, 0) is 30.5 Å². The highest BCUT2D eigenvalue weighted by Crippen LogP contribution is 2.35. The quantitative estimate of drug-likeness (QED) is 0.836. The Labute approximate surface area is 92.8 Å². The predicted molar refractivity (Wildman–Crippen MR) is 66.3 cm³/mol. The molecule has 1 nitrogen and oxygen atoms in total. The lowest BCUT2D eigenvalue weighted by Crippen LogP contribution is -2.20. The van der Waals surface area contributed by atoms with Gasteiger partial charge in [0, 0.05) is 20.3 Å². The van der Waals surface area contributed by atoms with E-state index in [1.165, 1.54) is 14.3 Å². The second kappa shape index (κ2) is 4.01. The molecule has 2 rings (SSSR count). The van der Waals surface area contributed by atoms with Crippen molar-refractivity contribution in [3.8, 4) is 0 Å². The van der Waals surface area contributed by atoms with E-state index in [4.69, 9.17) is 0 Å². The minimum atomic E-state index is 0.500. The molecule has 0 saturated heterocycles. The predicted octanol–water partition coefficient (Wildman–Crippen LogP) is 3.88. The molecular weight excluding hydrogens is 210 g/mol. The Morgan fingerprint density at radius 1 is 1.29 bits per heavy atom. The molecular formula is C11H15NS2. The topological polar surface area (TPSA) is 12.0 Å². The van der Waals surface area contributed by atoms with Crippen LogP contribution in [0.25, 0.3) is 9.40 Å². The molecule has 14 heavy (non-hydrogen) atoms. The Bertz CT molecular complexity index is 385. The summed E-state index contributed by atoms with van der Waals surface area (Å²) in [5.74, 6) is 0.646. The average molecular weight is 225 g/mol. The van der Waals surface area contributed by atoms with Gasteiger partial charge in [-0.15, -0.1) is 22.7 Å². The van der Waals surface area contributed by atoms with Crippen LogP contribution in [0.1, 0.15) is 24.8 Å². The maximum Gasteiger partial charge on any atom is 0.0454 e. The molecule has 0 aliphatic rings. The molecule has 1 atom stereocenters. The minimum Gasteiger partial charge on any atom is -0.312 e. The van der Waals surface area contributed by atoms with Crippen LogP contribution in [0, 0.1) is 5.92 Å². The van der Waals surface area contributed by atoms with Gasteiger partial charge in [-0.2, -0.15) is 0 Å². The monoisotopic (exact) mass is 225 g/mol. The first kappa shape index (κ1) is 10.1. The molecule has 0 spiro atoms. The first-order valence-electron chi connectivity index (χ1n) is 4.86. The summed E-state index contributed by atoms with van der Waals surface area (Å²) < 4.78 is 2.84.